The number of carbonyl (C=O) groups excluding carboxylic acids is 2. The molecule has 0 bridgehead atoms. The largest absolute Gasteiger partial charge is 0.444 e. The highest BCUT2D eigenvalue weighted by Gasteiger charge is 2.45. The molecular weight excluding hydrogens is 282 g/mol. The van der Waals surface area contributed by atoms with E-state index in [1.807, 2.05) is 26.8 Å². The summed E-state index contributed by atoms with van der Waals surface area (Å²) >= 11 is 0. The normalized spacial score (nSPS) is 22.2. The van der Waals surface area contributed by atoms with Gasteiger partial charge in [-0.15, -0.1) is 0 Å². The summed E-state index contributed by atoms with van der Waals surface area (Å²) in [6, 6.07) is 5.38. The van der Waals surface area contributed by atoms with Crippen LogP contribution >= 0.6 is 0 Å². The van der Waals surface area contributed by atoms with Crippen LogP contribution < -0.4 is 5.73 Å². The SMILES string of the molecule is CC(C)(C)OC(=O)N1CCCC(C(N)=O)(c2ccccn2)C1. The molecule has 1 aromatic heterocycles. The Labute approximate surface area is 130 Å². The van der Waals surface area contributed by atoms with Crippen LogP contribution in [0, 0.1) is 0 Å². The maximum atomic E-state index is 12.3. The number of rotatable bonds is 2. The van der Waals surface area contributed by atoms with Gasteiger partial charge < -0.3 is 15.4 Å². The average molecular weight is 305 g/mol. The highest BCUT2D eigenvalue weighted by Crippen LogP contribution is 2.33. The molecule has 2 amide bonds. The van der Waals surface area contributed by atoms with Crippen molar-refractivity contribution in [3.8, 4) is 0 Å². The molecule has 0 saturated carbocycles. The first-order valence-electron chi connectivity index (χ1n) is 7.44. The van der Waals surface area contributed by atoms with Gasteiger partial charge in [0, 0.05) is 19.3 Å². The Balaban J connectivity index is 2.26. The Bertz CT molecular complexity index is 554. The Kier molecular flexibility index (Phi) is 4.39. The molecule has 120 valence electrons. The molecule has 1 saturated heterocycles. The van der Waals surface area contributed by atoms with Gasteiger partial charge in [0.05, 0.1) is 5.69 Å². The minimum Gasteiger partial charge on any atom is -0.444 e. The van der Waals surface area contributed by atoms with Crippen molar-refractivity contribution in [3.05, 3.63) is 30.1 Å². The summed E-state index contributed by atoms with van der Waals surface area (Å²) in [4.78, 5) is 30.3. The van der Waals surface area contributed by atoms with Crippen LogP contribution in [0.25, 0.3) is 0 Å². The first-order valence-corrected chi connectivity index (χ1v) is 7.44. The van der Waals surface area contributed by atoms with Crippen LogP contribution in [0.1, 0.15) is 39.3 Å². The van der Waals surface area contributed by atoms with Crippen LogP contribution in [-0.2, 0) is 14.9 Å². The van der Waals surface area contributed by atoms with Crippen LogP contribution in [0.3, 0.4) is 0 Å². The van der Waals surface area contributed by atoms with E-state index < -0.39 is 23.0 Å². The van der Waals surface area contributed by atoms with E-state index in [1.165, 1.54) is 0 Å². The molecule has 1 unspecified atom stereocenters. The summed E-state index contributed by atoms with van der Waals surface area (Å²) in [6.07, 6.45) is 2.47. The van der Waals surface area contributed by atoms with Crippen LogP contribution in [0.15, 0.2) is 24.4 Å². The second-order valence-corrected chi connectivity index (χ2v) is 6.67. The predicted molar refractivity (Wildman–Crippen MR) is 82.2 cm³/mol. The van der Waals surface area contributed by atoms with Crippen LogP contribution in [0.2, 0.25) is 0 Å². The maximum Gasteiger partial charge on any atom is 0.410 e. The zero-order chi connectivity index (χ0) is 16.4. The monoisotopic (exact) mass is 305 g/mol. The molecular formula is C16H23N3O3. The summed E-state index contributed by atoms with van der Waals surface area (Å²) in [7, 11) is 0. The van der Waals surface area contributed by atoms with Crippen molar-refractivity contribution in [1.82, 2.24) is 9.88 Å². The van der Waals surface area contributed by atoms with Crippen molar-refractivity contribution in [2.24, 2.45) is 5.73 Å². The molecule has 2 heterocycles. The van der Waals surface area contributed by atoms with Gasteiger partial charge in [-0.3, -0.25) is 9.78 Å². The molecule has 1 aliphatic rings. The number of nitrogens with two attached hydrogens (primary N) is 1. The van der Waals surface area contributed by atoms with Crippen LogP contribution in [-0.4, -0.2) is 40.6 Å². The van der Waals surface area contributed by atoms with Gasteiger partial charge in [-0.2, -0.15) is 0 Å². The highest BCUT2D eigenvalue weighted by molar-refractivity contribution is 5.87. The average Bonchev–Trinajstić information content (AvgIpc) is 2.46. The van der Waals surface area contributed by atoms with Gasteiger partial charge in [0.2, 0.25) is 5.91 Å². The molecule has 0 aliphatic carbocycles. The van der Waals surface area contributed by atoms with Gasteiger partial charge >= 0.3 is 6.09 Å². The standard InChI is InChI=1S/C16H23N3O3/c1-15(2,3)22-14(21)19-10-6-8-16(11-19,13(17)20)12-7-4-5-9-18-12/h4-5,7,9H,6,8,10-11H2,1-3H3,(H2,17,20). The number of pyridine rings is 1. The van der Waals surface area contributed by atoms with E-state index in [1.54, 1.807) is 23.2 Å². The van der Waals surface area contributed by atoms with Crippen molar-refractivity contribution in [2.75, 3.05) is 13.1 Å². The van der Waals surface area contributed by atoms with Gasteiger partial charge in [-0.05, 0) is 45.7 Å². The molecule has 1 aromatic rings. The van der Waals surface area contributed by atoms with Gasteiger partial charge in [-0.1, -0.05) is 6.07 Å². The lowest BCUT2D eigenvalue weighted by molar-refractivity contribution is -0.125. The summed E-state index contributed by atoms with van der Waals surface area (Å²) in [5.41, 5.74) is 4.75. The number of hydrogen-bond acceptors (Lipinski definition) is 4. The lowest BCUT2D eigenvalue weighted by atomic mass is 9.76. The van der Waals surface area contributed by atoms with Crippen LogP contribution in [0.5, 0.6) is 0 Å². The molecule has 0 radical (unpaired) electrons. The Morgan fingerprint density at radius 1 is 1.36 bits per heavy atom. The smallest absolute Gasteiger partial charge is 0.410 e. The van der Waals surface area contributed by atoms with E-state index >= 15 is 0 Å². The van der Waals surface area contributed by atoms with Gasteiger partial charge in [0.15, 0.2) is 0 Å². The number of amides is 2. The highest BCUT2D eigenvalue weighted by atomic mass is 16.6. The van der Waals surface area contributed by atoms with Crippen LogP contribution in [0.4, 0.5) is 4.79 Å². The Hall–Kier alpha value is -2.11. The minimum absolute atomic E-state index is 0.203. The summed E-state index contributed by atoms with van der Waals surface area (Å²) < 4.78 is 5.40. The summed E-state index contributed by atoms with van der Waals surface area (Å²) in [5.74, 6) is -0.459. The third-order valence-corrected chi connectivity index (χ3v) is 3.77. The molecule has 1 aliphatic heterocycles. The fourth-order valence-corrected chi connectivity index (χ4v) is 2.72. The van der Waals surface area contributed by atoms with Crippen molar-refractivity contribution in [1.29, 1.82) is 0 Å². The van der Waals surface area contributed by atoms with E-state index in [2.05, 4.69) is 4.98 Å². The molecule has 0 aromatic carbocycles. The molecule has 2 N–H and O–H groups in total. The Morgan fingerprint density at radius 2 is 2.09 bits per heavy atom. The second-order valence-electron chi connectivity index (χ2n) is 6.67. The number of piperidine rings is 1. The van der Waals surface area contributed by atoms with Crippen molar-refractivity contribution >= 4 is 12.0 Å². The van der Waals surface area contributed by atoms with Gasteiger partial charge in [0.25, 0.3) is 0 Å². The number of hydrogen-bond donors (Lipinski definition) is 1. The van der Waals surface area contributed by atoms with Crippen molar-refractivity contribution in [3.63, 3.8) is 0 Å². The quantitative estimate of drug-likeness (QED) is 0.903. The first-order chi connectivity index (χ1) is 10.2. The molecule has 2 rings (SSSR count). The van der Waals surface area contributed by atoms with Gasteiger partial charge in [-0.25, -0.2) is 4.79 Å². The topological polar surface area (TPSA) is 85.5 Å². The third kappa shape index (κ3) is 3.37. The van der Waals surface area contributed by atoms with Crippen molar-refractivity contribution in [2.45, 2.75) is 44.6 Å². The Morgan fingerprint density at radius 3 is 2.64 bits per heavy atom. The fraction of sp³-hybridized carbons (Fsp3) is 0.562. The summed E-state index contributed by atoms with van der Waals surface area (Å²) in [6.45, 7) is 6.20. The molecule has 1 atom stereocenters. The zero-order valence-electron chi connectivity index (χ0n) is 13.3. The van der Waals surface area contributed by atoms with Gasteiger partial charge in [0.1, 0.15) is 11.0 Å². The number of nitrogens with zero attached hydrogens (tertiary/aromatic N) is 2. The number of ether oxygens (including phenoxy) is 1. The zero-order valence-corrected chi connectivity index (χ0v) is 13.3. The van der Waals surface area contributed by atoms with E-state index in [4.69, 9.17) is 10.5 Å². The molecule has 6 nitrogen and oxygen atoms in total. The number of carbonyl (C=O) groups is 2. The molecule has 6 heteroatoms. The number of likely N-dealkylation sites (tertiary alicyclic amines) is 1. The number of primary amides is 1. The second kappa shape index (κ2) is 5.94. The van der Waals surface area contributed by atoms with E-state index in [9.17, 15) is 9.59 Å². The minimum atomic E-state index is -0.948. The number of aromatic nitrogens is 1. The molecule has 0 spiro atoms. The molecule has 1 fully saturated rings. The van der Waals surface area contributed by atoms with E-state index in [0.717, 1.165) is 0 Å². The predicted octanol–water partition coefficient (Wildman–Crippen LogP) is 1.84. The maximum absolute atomic E-state index is 12.3. The van der Waals surface area contributed by atoms with Crippen molar-refractivity contribution < 1.29 is 14.3 Å². The lowest BCUT2D eigenvalue weighted by Crippen LogP contribution is -2.56. The van der Waals surface area contributed by atoms with E-state index in [-0.39, 0.29) is 6.54 Å². The first kappa shape index (κ1) is 16.3. The van der Waals surface area contributed by atoms with E-state index in [0.29, 0.717) is 25.1 Å². The third-order valence-electron chi connectivity index (χ3n) is 3.77. The lowest BCUT2D eigenvalue weighted by Gasteiger charge is -2.40. The fourth-order valence-electron chi connectivity index (χ4n) is 2.72. The summed E-state index contributed by atoms with van der Waals surface area (Å²) in [5, 5.41) is 0. The molecule has 22 heavy (non-hydrogen) atoms.